The summed E-state index contributed by atoms with van der Waals surface area (Å²) in [6.07, 6.45) is 10.2. The maximum atomic E-state index is 12.5. The van der Waals surface area contributed by atoms with Crippen LogP contribution in [-0.2, 0) is 11.3 Å². The van der Waals surface area contributed by atoms with E-state index in [2.05, 4.69) is 35.3 Å². The number of aromatic nitrogens is 6. The number of hydrogen-bond acceptors (Lipinski definition) is 8. The zero-order chi connectivity index (χ0) is 21.0. The summed E-state index contributed by atoms with van der Waals surface area (Å²) in [6.45, 7) is 5.14. The molecule has 5 heterocycles. The number of morpholine rings is 1. The first-order chi connectivity index (χ1) is 15.3. The van der Waals surface area contributed by atoms with Crippen LogP contribution in [0, 0.1) is 0 Å². The number of nitrogens with zero attached hydrogens (tertiary/aromatic N) is 6. The first-order valence-electron chi connectivity index (χ1n) is 10.1. The first-order valence-corrected chi connectivity index (χ1v) is 10.1. The van der Waals surface area contributed by atoms with Crippen LogP contribution in [0.4, 0.5) is 11.5 Å². The summed E-state index contributed by atoms with van der Waals surface area (Å²) in [6, 6.07) is 3.71. The van der Waals surface area contributed by atoms with Crippen LogP contribution in [0.2, 0.25) is 0 Å². The molecule has 10 nitrogen and oxygen atoms in total. The third-order valence-corrected chi connectivity index (χ3v) is 5.26. The molecule has 1 fully saturated rings. The van der Waals surface area contributed by atoms with E-state index in [1.807, 2.05) is 23.0 Å². The van der Waals surface area contributed by atoms with Crippen molar-refractivity contribution in [2.24, 2.45) is 0 Å². The van der Waals surface area contributed by atoms with Crippen LogP contribution in [-0.4, -0.2) is 67.5 Å². The minimum absolute atomic E-state index is 0.205. The van der Waals surface area contributed by atoms with Crippen molar-refractivity contribution in [2.45, 2.75) is 6.54 Å². The van der Waals surface area contributed by atoms with E-state index in [9.17, 15) is 4.79 Å². The summed E-state index contributed by atoms with van der Waals surface area (Å²) in [5.74, 6) is 0.464. The Kier molecular flexibility index (Phi) is 5.38. The molecule has 5 rings (SSSR count). The summed E-state index contributed by atoms with van der Waals surface area (Å²) >= 11 is 0. The van der Waals surface area contributed by atoms with Gasteiger partial charge in [-0.15, -0.1) is 0 Å². The maximum Gasteiger partial charge on any atom is 0.259 e. The van der Waals surface area contributed by atoms with Crippen molar-refractivity contribution >= 4 is 22.3 Å². The Morgan fingerprint density at radius 2 is 1.97 bits per heavy atom. The summed E-state index contributed by atoms with van der Waals surface area (Å²) in [4.78, 5) is 30.4. The van der Waals surface area contributed by atoms with Crippen LogP contribution in [0.15, 0.2) is 54.2 Å². The van der Waals surface area contributed by atoms with Crippen LogP contribution in [0.25, 0.3) is 22.0 Å². The predicted octanol–water partition coefficient (Wildman–Crippen LogP) is 1.65. The van der Waals surface area contributed by atoms with Gasteiger partial charge in [-0.3, -0.25) is 14.4 Å². The van der Waals surface area contributed by atoms with Crippen molar-refractivity contribution in [2.75, 3.05) is 38.2 Å². The van der Waals surface area contributed by atoms with E-state index < -0.39 is 0 Å². The topological polar surface area (TPSA) is 114 Å². The zero-order valence-electron chi connectivity index (χ0n) is 16.9. The molecule has 10 heteroatoms. The Hall–Kier alpha value is -3.63. The van der Waals surface area contributed by atoms with E-state index >= 15 is 0 Å². The van der Waals surface area contributed by atoms with E-state index in [0.717, 1.165) is 56.0 Å². The molecule has 0 amide bonds. The van der Waals surface area contributed by atoms with Gasteiger partial charge in [-0.1, -0.05) is 0 Å². The van der Waals surface area contributed by atoms with E-state index in [1.54, 1.807) is 24.8 Å². The van der Waals surface area contributed by atoms with E-state index in [4.69, 9.17) is 4.74 Å². The largest absolute Gasteiger partial charge is 0.379 e. The fourth-order valence-electron chi connectivity index (χ4n) is 3.64. The fraction of sp³-hybridized carbons (Fsp3) is 0.286. The SMILES string of the molecule is O=c1[nH]ccc2cc(-c3cncnc3)nc(Nc3cnn(CCN4CCOCC4)c3)c12. The summed E-state index contributed by atoms with van der Waals surface area (Å²) in [5, 5.41) is 8.98. The average Bonchev–Trinajstić information content (AvgIpc) is 3.26. The van der Waals surface area contributed by atoms with Crippen molar-refractivity contribution < 1.29 is 4.74 Å². The molecule has 4 aromatic heterocycles. The number of anilines is 2. The number of aromatic amines is 1. The van der Waals surface area contributed by atoms with Crippen LogP contribution in [0.3, 0.4) is 0 Å². The number of nitrogens with one attached hydrogen (secondary N) is 2. The van der Waals surface area contributed by atoms with Gasteiger partial charge < -0.3 is 15.0 Å². The molecular formula is C21H22N8O2. The van der Waals surface area contributed by atoms with Crippen molar-refractivity contribution in [3.63, 3.8) is 0 Å². The molecule has 2 N–H and O–H groups in total. The zero-order valence-corrected chi connectivity index (χ0v) is 16.9. The predicted molar refractivity (Wildman–Crippen MR) is 116 cm³/mol. The van der Waals surface area contributed by atoms with Crippen molar-refractivity contribution in [3.05, 3.63) is 59.8 Å². The number of rotatable bonds is 6. The Labute approximate surface area is 177 Å². The van der Waals surface area contributed by atoms with Crippen LogP contribution in [0.1, 0.15) is 0 Å². The smallest absolute Gasteiger partial charge is 0.259 e. The molecule has 0 unspecified atom stereocenters. The second kappa shape index (κ2) is 8.62. The third kappa shape index (κ3) is 4.30. The molecule has 158 valence electrons. The van der Waals surface area contributed by atoms with Gasteiger partial charge in [-0.05, 0) is 17.5 Å². The third-order valence-electron chi connectivity index (χ3n) is 5.26. The molecule has 0 radical (unpaired) electrons. The van der Waals surface area contributed by atoms with E-state index in [1.165, 1.54) is 6.33 Å². The Balaban J connectivity index is 1.42. The number of pyridine rings is 2. The van der Waals surface area contributed by atoms with Crippen molar-refractivity contribution in [1.82, 2.24) is 34.6 Å². The highest BCUT2D eigenvalue weighted by Gasteiger charge is 2.13. The van der Waals surface area contributed by atoms with Crippen LogP contribution in [0.5, 0.6) is 0 Å². The Morgan fingerprint density at radius 3 is 2.81 bits per heavy atom. The summed E-state index contributed by atoms with van der Waals surface area (Å²) in [5.41, 5.74) is 2.01. The number of ether oxygens (including phenoxy) is 1. The molecule has 0 spiro atoms. The van der Waals surface area contributed by atoms with Crippen molar-refractivity contribution in [1.29, 1.82) is 0 Å². The highest BCUT2D eigenvalue weighted by molar-refractivity contribution is 5.94. The number of fused-ring (bicyclic) bond motifs is 1. The molecule has 31 heavy (non-hydrogen) atoms. The monoisotopic (exact) mass is 418 g/mol. The van der Waals surface area contributed by atoms with Gasteiger partial charge in [0, 0.05) is 50.0 Å². The minimum atomic E-state index is -0.205. The Bertz CT molecular complexity index is 1230. The van der Waals surface area contributed by atoms with Gasteiger partial charge in [0.25, 0.3) is 5.56 Å². The highest BCUT2D eigenvalue weighted by atomic mass is 16.5. The molecule has 1 aliphatic rings. The quantitative estimate of drug-likeness (QED) is 0.486. The molecule has 1 aliphatic heterocycles. The summed E-state index contributed by atoms with van der Waals surface area (Å²) < 4.78 is 7.28. The van der Waals surface area contributed by atoms with Gasteiger partial charge in [-0.2, -0.15) is 5.10 Å². The fourth-order valence-corrected chi connectivity index (χ4v) is 3.64. The lowest BCUT2D eigenvalue weighted by atomic mass is 10.1. The van der Waals surface area contributed by atoms with E-state index in [-0.39, 0.29) is 5.56 Å². The second-order valence-corrected chi connectivity index (χ2v) is 7.33. The normalized spacial score (nSPS) is 14.7. The van der Waals surface area contributed by atoms with Crippen molar-refractivity contribution in [3.8, 4) is 11.3 Å². The number of hydrogen-bond donors (Lipinski definition) is 2. The standard InChI is InChI=1S/C21H22N8O2/c30-21-19-15(1-2-24-21)9-18(16-10-22-14-23-11-16)27-20(19)26-17-12-25-29(13-17)4-3-28-5-7-31-8-6-28/h1-2,9-14H,3-8H2,(H,24,30)(H,26,27). The first kappa shape index (κ1) is 19.3. The molecule has 0 aliphatic carbocycles. The second-order valence-electron chi connectivity index (χ2n) is 7.33. The molecule has 0 aromatic carbocycles. The Morgan fingerprint density at radius 1 is 1.13 bits per heavy atom. The average molecular weight is 418 g/mol. The lowest BCUT2D eigenvalue weighted by Gasteiger charge is -2.26. The van der Waals surface area contributed by atoms with Gasteiger partial charge >= 0.3 is 0 Å². The molecule has 0 saturated carbocycles. The van der Waals surface area contributed by atoms with Gasteiger partial charge in [0.1, 0.15) is 12.1 Å². The maximum absolute atomic E-state index is 12.5. The molecule has 4 aromatic rings. The summed E-state index contributed by atoms with van der Waals surface area (Å²) in [7, 11) is 0. The number of H-pyrrole nitrogens is 1. The minimum Gasteiger partial charge on any atom is -0.379 e. The van der Waals surface area contributed by atoms with E-state index in [0.29, 0.717) is 16.9 Å². The van der Waals surface area contributed by atoms with Gasteiger partial charge in [0.05, 0.1) is 42.7 Å². The van der Waals surface area contributed by atoms with Crippen LogP contribution >= 0.6 is 0 Å². The van der Waals surface area contributed by atoms with Gasteiger partial charge in [0.15, 0.2) is 0 Å². The lowest BCUT2D eigenvalue weighted by molar-refractivity contribution is 0.0360. The molecule has 0 bridgehead atoms. The lowest BCUT2D eigenvalue weighted by Crippen LogP contribution is -2.38. The highest BCUT2D eigenvalue weighted by Crippen LogP contribution is 2.27. The molecule has 1 saturated heterocycles. The molecule has 0 atom stereocenters. The van der Waals surface area contributed by atoms with Gasteiger partial charge in [0.2, 0.25) is 0 Å². The van der Waals surface area contributed by atoms with Gasteiger partial charge in [-0.25, -0.2) is 15.0 Å². The molecular weight excluding hydrogens is 396 g/mol. The van der Waals surface area contributed by atoms with Crippen LogP contribution < -0.4 is 10.9 Å².